The van der Waals surface area contributed by atoms with Crippen LogP contribution in [0.1, 0.15) is 108 Å². The summed E-state index contributed by atoms with van der Waals surface area (Å²) in [5.74, 6) is -2.66. The Kier molecular flexibility index (Phi) is 17.6. The number of hydrogen-bond acceptors (Lipinski definition) is 15. The van der Waals surface area contributed by atoms with Crippen molar-refractivity contribution >= 4 is 5.97 Å². The fourth-order valence-corrected chi connectivity index (χ4v) is 9.21. The third-order valence-electron chi connectivity index (χ3n) is 13.0. The zero-order chi connectivity index (χ0) is 42.6. The van der Waals surface area contributed by atoms with Crippen LogP contribution in [-0.2, 0) is 33.2 Å². The zero-order valence-corrected chi connectivity index (χ0v) is 36.8. The van der Waals surface area contributed by atoms with Gasteiger partial charge in [-0.25, -0.2) is 0 Å². The summed E-state index contributed by atoms with van der Waals surface area (Å²) in [5, 5.41) is 65.8. The minimum atomic E-state index is -1.81. The molecule has 3 saturated heterocycles. The molecule has 0 aromatic carbocycles. The Balaban J connectivity index is 2.16. The second-order valence-corrected chi connectivity index (χ2v) is 18.2. The number of aliphatic hydroxyl groups excluding tert-OH is 2. The Labute approximate surface area is 336 Å². The SMILES string of the molecule is CCCNC[C@]1(O)[C@H](C)OC(O[C@H]2[C@H](C)[C@@H](OC3O[C@H](C)C[C@H](N(C)C)[C@H]3O)[C@](C)(O)C[C@@H](C)CN[C@H](C)[C@@H](O)[C@](C)(O)[C@@H](CC)OC(=O)[C@@H]2C)C[C@@]1(C)OC. The molecule has 0 aromatic heterocycles. The average Bonchev–Trinajstić information content (AvgIpc) is 3.12. The van der Waals surface area contributed by atoms with Crippen LogP contribution in [0.5, 0.6) is 0 Å². The van der Waals surface area contributed by atoms with Crippen molar-refractivity contribution in [3.8, 4) is 0 Å². The van der Waals surface area contributed by atoms with E-state index in [0.29, 0.717) is 19.5 Å². The number of carbonyl (C=O) groups excluding carboxylic acids is 1. The van der Waals surface area contributed by atoms with E-state index in [9.17, 15) is 30.3 Å². The van der Waals surface area contributed by atoms with Gasteiger partial charge in [-0.15, -0.1) is 0 Å². The number of aliphatic hydroxyl groups is 5. The van der Waals surface area contributed by atoms with Crippen molar-refractivity contribution in [2.75, 3.05) is 40.8 Å². The van der Waals surface area contributed by atoms with Gasteiger partial charge in [0.05, 0.1) is 35.9 Å². The predicted octanol–water partition coefficient (Wildman–Crippen LogP) is 1.93. The molecule has 0 aliphatic carbocycles. The first-order chi connectivity index (χ1) is 25.9. The Morgan fingerprint density at radius 3 is 2.18 bits per heavy atom. The van der Waals surface area contributed by atoms with Gasteiger partial charge in [0.1, 0.15) is 35.1 Å². The average molecular weight is 806 g/mol. The number of esters is 1. The maximum Gasteiger partial charge on any atom is 0.311 e. The smallest absolute Gasteiger partial charge is 0.311 e. The minimum Gasteiger partial charge on any atom is -0.459 e. The molecule has 3 aliphatic rings. The quantitative estimate of drug-likeness (QED) is 0.118. The van der Waals surface area contributed by atoms with Crippen LogP contribution in [-0.4, -0.2) is 167 Å². The maximum atomic E-state index is 14.3. The van der Waals surface area contributed by atoms with Crippen LogP contribution >= 0.6 is 0 Å². The molecule has 3 fully saturated rings. The van der Waals surface area contributed by atoms with Gasteiger partial charge < -0.3 is 69.5 Å². The molecule has 15 heteroatoms. The first-order valence-corrected chi connectivity index (χ1v) is 20.9. The standard InChI is InChI=1S/C41H79N3O12/c1-15-17-42-22-41(50)28(8)53-31(20-39(41,10)51-14)55-33-25(5)35(56-37-32(45)29(44(12)13)18-24(4)52-37)38(9,48)19-23(3)21-43-27(7)34(46)40(11,49)30(16-2)54-36(47)26(33)6/h23-35,37,42-43,45-46,48-50H,15-22H2,1-14H3/t23-,24-,25+,26-,27-,28+,29+,30-,31?,32-,33+,34-,35-,37?,38-,39-,40-,41+/m1/s1. The molecule has 0 spiro atoms. The number of likely N-dealkylation sites (N-methyl/N-ethyl adjacent to an activating group) is 1. The van der Waals surface area contributed by atoms with Crippen LogP contribution in [0.25, 0.3) is 0 Å². The van der Waals surface area contributed by atoms with E-state index in [4.69, 9.17) is 28.4 Å². The van der Waals surface area contributed by atoms with E-state index >= 15 is 0 Å². The van der Waals surface area contributed by atoms with Crippen LogP contribution in [0, 0.1) is 17.8 Å². The number of nitrogens with one attached hydrogen (secondary N) is 2. The summed E-state index contributed by atoms with van der Waals surface area (Å²) >= 11 is 0. The Bertz CT molecular complexity index is 1230. The number of hydrogen-bond donors (Lipinski definition) is 7. The van der Waals surface area contributed by atoms with Crippen LogP contribution in [0.2, 0.25) is 0 Å². The van der Waals surface area contributed by atoms with Gasteiger partial charge in [-0.2, -0.15) is 0 Å². The van der Waals surface area contributed by atoms with E-state index in [-0.39, 0.29) is 43.9 Å². The molecule has 3 rings (SSSR count). The van der Waals surface area contributed by atoms with Crippen LogP contribution in [0.15, 0.2) is 0 Å². The molecule has 330 valence electrons. The van der Waals surface area contributed by atoms with Crippen molar-refractivity contribution in [2.45, 2.75) is 198 Å². The summed E-state index contributed by atoms with van der Waals surface area (Å²) in [6.07, 6.45) is -6.71. The van der Waals surface area contributed by atoms with Crippen LogP contribution < -0.4 is 10.6 Å². The molecule has 7 N–H and O–H groups in total. The fraction of sp³-hybridized carbons (Fsp3) is 0.976. The monoisotopic (exact) mass is 806 g/mol. The second-order valence-electron chi connectivity index (χ2n) is 18.2. The van der Waals surface area contributed by atoms with Gasteiger partial charge in [-0.05, 0) is 107 Å². The van der Waals surface area contributed by atoms with Crippen molar-refractivity contribution in [1.82, 2.24) is 15.5 Å². The molecule has 3 aliphatic heterocycles. The largest absolute Gasteiger partial charge is 0.459 e. The van der Waals surface area contributed by atoms with Crippen molar-refractivity contribution in [1.29, 1.82) is 0 Å². The van der Waals surface area contributed by atoms with Crippen LogP contribution in [0.3, 0.4) is 0 Å². The molecule has 18 atom stereocenters. The number of nitrogens with zero attached hydrogens (tertiary/aromatic N) is 1. The van der Waals surface area contributed by atoms with Crippen molar-refractivity contribution in [3.63, 3.8) is 0 Å². The molecule has 0 amide bonds. The molecule has 0 saturated carbocycles. The molecule has 56 heavy (non-hydrogen) atoms. The first-order valence-electron chi connectivity index (χ1n) is 20.9. The first kappa shape index (κ1) is 49.3. The van der Waals surface area contributed by atoms with E-state index in [2.05, 4.69) is 10.6 Å². The highest BCUT2D eigenvalue weighted by Gasteiger charge is 2.58. The van der Waals surface area contributed by atoms with Gasteiger partial charge in [-0.3, -0.25) is 4.79 Å². The number of cyclic esters (lactones) is 1. The molecule has 0 bridgehead atoms. The Morgan fingerprint density at radius 2 is 1.61 bits per heavy atom. The van der Waals surface area contributed by atoms with Gasteiger partial charge in [-0.1, -0.05) is 27.7 Å². The third-order valence-corrected chi connectivity index (χ3v) is 13.0. The van der Waals surface area contributed by atoms with E-state index in [0.717, 1.165) is 6.42 Å². The predicted molar refractivity (Wildman–Crippen MR) is 212 cm³/mol. The molecular weight excluding hydrogens is 726 g/mol. The summed E-state index contributed by atoms with van der Waals surface area (Å²) < 4.78 is 38.3. The molecule has 3 heterocycles. The molecule has 0 aromatic rings. The van der Waals surface area contributed by atoms with E-state index in [1.165, 1.54) is 14.0 Å². The summed E-state index contributed by atoms with van der Waals surface area (Å²) in [6, 6.07) is -0.877. The van der Waals surface area contributed by atoms with E-state index in [1.54, 1.807) is 34.6 Å². The minimum absolute atomic E-state index is 0.0939. The third kappa shape index (κ3) is 11.0. The topological polar surface area (TPSA) is 201 Å². The van der Waals surface area contributed by atoms with E-state index in [1.807, 2.05) is 53.6 Å². The zero-order valence-electron chi connectivity index (χ0n) is 36.8. The molecule has 0 radical (unpaired) electrons. The van der Waals surface area contributed by atoms with E-state index < -0.39 is 95.5 Å². The van der Waals surface area contributed by atoms with Crippen LogP contribution in [0.4, 0.5) is 0 Å². The lowest BCUT2D eigenvalue weighted by atomic mass is 9.75. The number of carbonyl (C=O) groups is 1. The van der Waals surface area contributed by atoms with Crippen molar-refractivity contribution in [3.05, 3.63) is 0 Å². The summed E-state index contributed by atoms with van der Waals surface area (Å²) in [5.41, 5.74) is -5.95. The lowest BCUT2D eigenvalue weighted by molar-refractivity contribution is -0.336. The van der Waals surface area contributed by atoms with Gasteiger partial charge in [0.2, 0.25) is 0 Å². The summed E-state index contributed by atoms with van der Waals surface area (Å²) in [7, 11) is 5.31. The van der Waals surface area contributed by atoms with Gasteiger partial charge in [0, 0.05) is 38.1 Å². The molecular formula is C41H79N3O12. The Morgan fingerprint density at radius 1 is 0.964 bits per heavy atom. The highest BCUT2D eigenvalue weighted by molar-refractivity contribution is 5.73. The number of rotatable bonds is 11. The highest BCUT2D eigenvalue weighted by atomic mass is 16.7. The van der Waals surface area contributed by atoms with Crippen molar-refractivity contribution in [2.24, 2.45) is 17.8 Å². The lowest BCUT2D eigenvalue weighted by Crippen LogP contribution is -2.70. The second kappa shape index (κ2) is 20.0. The lowest BCUT2D eigenvalue weighted by Gasteiger charge is -2.53. The number of methoxy groups -OCH3 is 1. The molecule has 15 nitrogen and oxygen atoms in total. The van der Waals surface area contributed by atoms with Gasteiger partial charge in [0.25, 0.3) is 0 Å². The number of ether oxygens (including phenoxy) is 6. The molecule has 2 unspecified atom stereocenters. The Hall–Kier alpha value is -1.05. The fourth-order valence-electron chi connectivity index (χ4n) is 9.21. The highest BCUT2D eigenvalue weighted by Crippen LogP contribution is 2.43. The van der Waals surface area contributed by atoms with Gasteiger partial charge >= 0.3 is 5.97 Å². The van der Waals surface area contributed by atoms with Gasteiger partial charge in [0.15, 0.2) is 12.6 Å². The maximum absolute atomic E-state index is 14.3. The van der Waals surface area contributed by atoms with Crippen molar-refractivity contribution < 1.29 is 58.7 Å². The summed E-state index contributed by atoms with van der Waals surface area (Å²) in [6.45, 7) is 20.9. The normalized spacial score (nSPS) is 47.9. The summed E-state index contributed by atoms with van der Waals surface area (Å²) in [4.78, 5) is 16.2.